The van der Waals surface area contributed by atoms with Gasteiger partial charge >= 0.3 is 12.2 Å². The number of alkyl carbamates (subject to hydrolysis) is 1. The summed E-state index contributed by atoms with van der Waals surface area (Å²) in [6, 6.07) is 33.3. The number of nitro benzene ring substituents is 1. The van der Waals surface area contributed by atoms with Crippen molar-refractivity contribution in [3.05, 3.63) is 160 Å². The normalized spacial score (nSPS) is 12.7. The summed E-state index contributed by atoms with van der Waals surface area (Å²) in [5.74, 6) is -1.09. The number of aromatic nitrogens is 1. The van der Waals surface area contributed by atoms with Gasteiger partial charge in [-0.25, -0.2) is 9.59 Å². The molecule has 1 aliphatic rings. The van der Waals surface area contributed by atoms with Gasteiger partial charge in [-0.2, -0.15) is 0 Å². The van der Waals surface area contributed by atoms with Gasteiger partial charge in [-0.3, -0.25) is 19.7 Å². The third-order valence-electron chi connectivity index (χ3n) is 10.7. The molecule has 318 valence electrons. The summed E-state index contributed by atoms with van der Waals surface area (Å²) in [5, 5.41) is 23.5. The van der Waals surface area contributed by atoms with Crippen LogP contribution < -0.4 is 26.0 Å². The quantitative estimate of drug-likeness (QED) is 0.0187. The first-order valence-corrected chi connectivity index (χ1v) is 20.3. The zero-order valence-electron chi connectivity index (χ0n) is 33.9. The van der Waals surface area contributed by atoms with Crippen molar-refractivity contribution in [2.45, 2.75) is 50.3 Å². The smallest absolute Gasteiger partial charge is 0.449 e. The van der Waals surface area contributed by atoms with E-state index < -0.39 is 41.1 Å². The predicted molar refractivity (Wildman–Crippen MR) is 233 cm³/mol. The number of para-hydroxylation sites is 1. The SMILES string of the molecule is CNCCCC[C@H](NC(=O)[C@H](Cc1c[nH]c2ccccc12)NC(=O)OCC1c2ccccc2-c2ccccc21)C(=O)Nc1ccc(COC(=O)Oc2ccc([N+](=O)[O-])cc2)cc1. The van der Waals surface area contributed by atoms with Crippen LogP contribution in [-0.2, 0) is 32.1 Å². The third kappa shape index (κ3) is 10.6. The van der Waals surface area contributed by atoms with Crippen LogP contribution in [0.25, 0.3) is 22.0 Å². The number of nitrogens with one attached hydrogen (secondary N) is 5. The van der Waals surface area contributed by atoms with Crippen molar-refractivity contribution in [1.82, 2.24) is 20.9 Å². The number of benzene rings is 5. The van der Waals surface area contributed by atoms with Crippen molar-refractivity contribution in [2.75, 3.05) is 25.5 Å². The van der Waals surface area contributed by atoms with Crippen LogP contribution in [-0.4, -0.2) is 66.3 Å². The average Bonchev–Trinajstić information content (AvgIpc) is 3.84. The summed E-state index contributed by atoms with van der Waals surface area (Å²) in [6.07, 6.45) is 1.89. The van der Waals surface area contributed by atoms with Crippen LogP contribution in [0.2, 0.25) is 0 Å². The summed E-state index contributed by atoms with van der Waals surface area (Å²) in [5.41, 5.74) is 6.89. The van der Waals surface area contributed by atoms with E-state index in [1.165, 1.54) is 24.3 Å². The highest BCUT2D eigenvalue weighted by atomic mass is 16.7. The van der Waals surface area contributed by atoms with Crippen LogP contribution in [0, 0.1) is 10.1 Å². The lowest BCUT2D eigenvalue weighted by Gasteiger charge is -2.24. The molecule has 15 nitrogen and oxygen atoms in total. The summed E-state index contributed by atoms with van der Waals surface area (Å²) in [4.78, 5) is 67.5. The lowest BCUT2D eigenvalue weighted by Crippen LogP contribution is -2.53. The molecule has 6 aromatic rings. The molecule has 3 amide bonds. The Morgan fingerprint density at radius 2 is 1.44 bits per heavy atom. The number of hydrogen-bond donors (Lipinski definition) is 5. The molecule has 0 fully saturated rings. The van der Waals surface area contributed by atoms with E-state index in [1.807, 2.05) is 73.9 Å². The number of H-pyrrole nitrogens is 1. The molecule has 0 unspecified atom stereocenters. The van der Waals surface area contributed by atoms with Crippen molar-refractivity contribution in [3.8, 4) is 16.9 Å². The summed E-state index contributed by atoms with van der Waals surface area (Å²) < 4.78 is 16.1. The zero-order chi connectivity index (χ0) is 43.4. The molecule has 5 N–H and O–H groups in total. The number of amides is 3. The Labute approximate surface area is 357 Å². The second-order valence-corrected chi connectivity index (χ2v) is 14.8. The van der Waals surface area contributed by atoms with Crippen molar-refractivity contribution in [2.24, 2.45) is 0 Å². The monoisotopic (exact) mass is 838 g/mol. The molecule has 0 radical (unpaired) electrons. The highest BCUT2D eigenvalue weighted by Crippen LogP contribution is 2.44. The van der Waals surface area contributed by atoms with Crippen LogP contribution in [0.1, 0.15) is 47.4 Å². The fourth-order valence-corrected chi connectivity index (χ4v) is 7.52. The van der Waals surface area contributed by atoms with Gasteiger partial charge in [0.1, 0.15) is 31.0 Å². The molecular formula is C47H46N6O9. The Morgan fingerprint density at radius 3 is 2.13 bits per heavy atom. The van der Waals surface area contributed by atoms with E-state index in [0.29, 0.717) is 24.1 Å². The second-order valence-electron chi connectivity index (χ2n) is 14.8. The maximum absolute atomic E-state index is 14.3. The standard InChI is InChI=1S/C47H46N6O9/c1-48-25-9-8-16-42(44(54)50-32-19-17-30(18-20-32)28-61-47(57)62-34-23-21-33(22-24-34)53(58)59)51-45(55)43(26-31-27-49-41-15-7-6-10-35(31)41)52-46(56)60-29-40-38-13-4-2-11-36(38)37-12-3-5-14-39(37)40/h2-7,10-15,17-24,27,40,42-43,48-49H,8-9,16,25-26,28-29H2,1H3,(H,50,54)(H,51,55)(H,52,56)/t42-,43-/m0/s1. The number of carbonyl (C=O) groups is 4. The average molecular weight is 839 g/mol. The second kappa shape index (κ2) is 20.2. The maximum atomic E-state index is 14.3. The summed E-state index contributed by atoms with van der Waals surface area (Å²) >= 11 is 0. The molecule has 1 heterocycles. The molecular weight excluding hydrogens is 793 g/mol. The fraction of sp³-hybridized carbons (Fsp3) is 0.234. The first-order valence-electron chi connectivity index (χ1n) is 20.3. The highest BCUT2D eigenvalue weighted by Gasteiger charge is 2.31. The van der Waals surface area contributed by atoms with E-state index in [9.17, 15) is 29.3 Å². The van der Waals surface area contributed by atoms with Crippen LogP contribution in [0.3, 0.4) is 0 Å². The predicted octanol–water partition coefficient (Wildman–Crippen LogP) is 7.75. The minimum Gasteiger partial charge on any atom is -0.449 e. The lowest BCUT2D eigenvalue weighted by atomic mass is 9.98. The number of nitrogens with zero attached hydrogens (tertiary/aromatic N) is 1. The van der Waals surface area contributed by atoms with E-state index in [2.05, 4.69) is 38.4 Å². The lowest BCUT2D eigenvalue weighted by molar-refractivity contribution is -0.384. The van der Waals surface area contributed by atoms with Gasteiger partial charge < -0.3 is 40.5 Å². The number of aromatic amines is 1. The Morgan fingerprint density at radius 1 is 0.758 bits per heavy atom. The Kier molecular flexibility index (Phi) is 13.9. The first-order chi connectivity index (χ1) is 30.2. The van der Waals surface area contributed by atoms with Gasteiger partial charge in [0, 0.05) is 47.3 Å². The van der Waals surface area contributed by atoms with Gasteiger partial charge in [0.25, 0.3) is 5.69 Å². The first kappa shape index (κ1) is 42.6. The molecule has 0 saturated heterocycles. The largest absolute Gasteiger partial charge is 0.514 e. The number of unbranched alkanes of at least 4 members (excludes halogenated alkanes) is 1. The number of hydrogen-bond acceptors (Lipinski definition) is 10. The van der Waals surface area contributed by atoms with Gasteiger partial charge in [0.15, 0.2) is 0 Å². The molecule has 1 aliphatic carbocycles. The third-order valence-corrected chi connectivity index (χ3v) is 10.7. The van der Waals surface area contributed by atoms with Gasteiger partial charge in [0.2, 0.25) is 11.8 Å². The van der Waals surface area contributed by atoms with E-state index in [0.717, 1.165) is 51.7 Å². The molecule has 0 bridgehead atoms. The molecule has 62 heavy (non-hydrogen) atoms. The van der Waals surface area contributed by atoms with Crippen LogP contribution >= 0.6 is 0 Å². The molecule has 5 aromatic carbocycles. The summed E-state index contributed by atoms with van der Waals surface area (Å²) in [7, 11) is 1.84. The van der Waals surface area contributed by atoms with Gasteiger partial charge in [0.05, 0.1) is 4.92 Å². The van der Waals surface area contributed by atoms with Crippen molar-refractivity contribution >= 4 is 46.3 Å². The van der Waals surface area contributed by atoms with Gasteiger partial charge in [-0.1, -0.05) is 78.9 Å². The number of fused-ring (bicyclic) bond motifs is 4. The minimum atomic E-state index is -1.09. The minimum absolute atomic E-state index is 0.0644. The molecule has 2 atom stereocenters. The number of ether oxygens (including phenoxy) is 3. The van der Waals surface area contributed by atoms with E-state index in [4.69, 9.17) is 14.2 Å². The van der Waals surface area contributed by atoms with Crippen LogP contribution in [0.5, 0.6) is 5.75 Å². The van der Waals surface area contributed by atoms with Crippen LogP contribution in [0.15, 0.2) is 128 Å². The molecule has 0 spiro atoms. The Balaban J connectivity index is 1.01. The molecule has 0 saturated carbocycles. The number of carbonyl (C=O) groups excluding carboxylic acids is 4. The number of rotatable bonds is 18. The molecule has 1 aromatic heterocycles. The van der Waals surface area contributed by atoms with E-state index in [-0.39, 0.29) is 37.0 Å². The topological polar surface area (TPSA) is 203 Å². The van der Waals surface area contributed by atoms with Gasteiger partial charge in [-0.15, -0.1) is 0 Å². The highest BCUT2D eigenvalue weighted by molar-refractivity contribution is 5.98. The number of non-ortho nitro benzene ring substituents is 1. The molecule has 15 heteroatoms. The molecule has 7 rings (SSSR count). The van der Waals surface area contributed by atoms with Crippen molar-refractivity contribution in [3.63, 3.8) is 0 Å². The number of nitro groups is 1. The van der Waals surface area contributed by atoms with Crippen molar-refractivity contribution in [1.29, 1.82) is 0 Å². The Hall–Kier alpha value is -7.52. The molecule has 0 aliphatic heterocycles. The van der Waals surface area contributed by atoms with Crippen LogP contribution in [0.4, 0.5) is 21.0 Å². The zero-order valence-corrected chi connectivity index (χ0v) is 33.9. The maximum Gasteiger partial charge on any atom is 0.514 e. The summed E-state index contributed by atoms with van der Waals surface area (Å²) in [6.45, 7) is 0.646. The Bertz CT molecular complexity index is 2490. The van der Waals surface area contributed by atoms with E-state index in [1.54, 1.807) is 24.3 Å². The van der Waals surface area contributed by atoms with Crippen molar-refractivity contribution < 1.29 is 38.3 Å². The number of anilines is 1. The fourth-order valence-electron chi connectivity index (χ4n) is 7.52. The van der Waals surface area contributed by atoms with Gasteiger partial charge in [-0.05, 0) is 96.6 Å². The van der Waals surface area contributed by atoms with E-state index >= 15 is 0 Å².